The van der Waals surface area contributed by atoms with E-state index in [0.717, 1.165) is 30.0 Å². The summed E-state index contributed by atoms with van der Waals surface area (Å²) in [6, 6.07) is 6.10. The quantitative estimate of drug-likeness (QED) is 0.748. The van der Waals surface area contributed by atoms with E-state index in [2.05, 4.69) is 13.8 Å². The van der Waals surface area contributed by atoms with Gasteiger partial charge >= 0.3 is 0 Å². The van der Waals surface area contributed by atoms with Crippen LogP contribution in [0.3, 0.4) is 0 Å². The molecule has 0 bridgehead atoms. The number of hydrogen-bond donors (Lipinski definition) is 0. The molecule has 0 fully saturated rings. The van der Waals surface area contributed by atoms with Crippen molar-refractivity contribution in [2.75, 3.05) is 13.1 Å². The van der Waals surface area contributed by atoms with E-state index in [1.54, 1.807) is 0 Å². The monoisotopic (exact) mass is 237 g/mol. The van der Waals surface area contributed by atoms with E-state index >= 15 is 0 Å². The summed E-state index contributed by atoms with van der Waals surface area (Å²) in [6.07, 6.45) is 0. The van der Waals surface area contributed by atoms with Crippen LogP contribution in [0.1, 0.15) is 25.0 Å². The molecular formula is C13H19NOS. The van der Waals surface area contributed by atoms with Crippen LogP contribution in [-0.2, 0) is 0 Å². The fourth-order valence-electron chi connectivity index (χ4n) is 1.59. The van der Waals surface area contributed by atoms with Crippen LogP contribution in [0.5, 0.6) is 5.75 Å². The molecule has 1 aromatic rings. The molecule has 1 rings (SSSR count). The second-order valence-electron chi connectivity index (χ2n) is 3.76. The average molecular weight is 237 g/mol. The van der Waals surface area contributed by atoms with Crippen LogP contribution in [0.25, 0.3) is 0 Å². The Bertz CT molecular complexity index is 352. The Morgan fingerprint density at radius 3 is 2.12 bits per heavy atom. The minimum atomic E-state index is 0.558. The molecule has 0 aliphatic rings. The summed E-state index contributed by atoms with van der Waals surface area (Å²) in [7, 11) is 0. The highest BCUT2D eigenvalue weighted by molar-refractivity contribution is 7.80. The van der Waals surface area contributed by atoms with Crippen molar-refractivity contribution in [3.63, 3.8) is 0 Å². The summed E-state index contributed by atoms with van der Waals surface area (Å²) in [5.41, 5.74) is 2.24. The van der Waals surface area contributed by atoms with Gasteiger partial charge in [-0.15, -0.1) is 0 Å². The Morgan fingerprint density at radius 1 is 1.19 bits per heavy atom. The molecule has 0 unspecified atom stereocenters. The Balaban J connectivity index is 2.84. The number of rotatable bonds is 3. The van der Waals surface area contributed by atoms with E-state index in [-0.39, 0.29) is 0 Å². The molecule has 0 amide bonds. The molecule has 0 saturated heterocycles. The van der Waals surface area contributed by atoms with Gasteiger partial charge in [-0.3, -0.25) is 0 Å². The zero-order valence-electron chi connectivity index (χ0n) is 10.4. The van der Waals surface area contributed by atoms with Crippen molar-refractivity contribution in [3.8, 4) is 5.75 Å². The molecule has 0 N–H and O–H groups in total. The predicted octanol–water partition coefficient (Wildman–Crippen LogP) is 3.31. The van der Waals surface area contributed by atoms with E-state index < -0.39 is 0 Å². The molecule has 0 aromatic heterocycles. The first-order chi connectivity index (χ1) is 7.60. The predicted molar refractivity (Wildman–Crippen MR) is 72.1 cm³/mol. The molecular weight excluding hydrogens is 218 g/mol. The lowest BCUT2D eigenvalue weighted by molar-refractivity contribution is 0.376. The Hall–Kier alpha value is -1.09. The van der Waals surface area contributed by atoms with Crippen LogP contribution in [-0.4, -0.2) is 23.2 Å². The molecule has 0 spiro atoms. The van der Waals surface area contributed by atoms with Gasteiger partial charge in [-0.05, 0) is 51.0 Å². The van der Waals surface area contributed by atoms with Gasteiger partial charge in [0.25, 0.3) is 5.17 Å². The van der Waals surface area contributed by atoms with Crippen LogP contribution in [0, 0.1) is 13.8 Å². The van der Waals surface area contributed by atoms with Gasteiger partial charge in [-0.1, -0.05) is 18.2 Å². The van der Waals surface area contributed by atoms with E-state index in [9.17, 15) is 0 Å². The molecule has 0 atom stereocenters. The highest BCUT2D eigenvalue weighted by Crippen LogP contribution is 2.23. The summed E-state index contributed by atoms with van der Waals surface area (Å²) >= 11 is 5.28. The first-order valence-electron chi connectivity index (χ1n) is 5.63. The number of aryl methyl sites for hydroxylation is 2. The Morgan fingerprint density at radius 2 is 1.69 bits per heavy atom. The number of nitrogens with zero attached hydrogens (tertiary/aromatic N) is 1. The second kappa shape index (κ2) is 5.85. The first kappa shape index (κ1) is 13.0. The van der Waals surface area contributed by atoms with Gasteiger partial charge in [0.2, 0.25) is 0 Å². The molecule has 0 heterocycles. The third-order valence-electron chi connectivity index (χ3n) is 2.62. The second-order valence-corrected chi connectivity index (χ2v) is 4.11. The number of para-hydroxylation sites is 1. The fraction of sp³-hybridized carbons (Fsp3) is 0.462. The summed E-state index contributed by atoms with van der Waals surface area (Å²) in [4.78, 5) is 2.03. The van der Waals surface area contributed by atoms with Crippen molar-refractivity contribution >= 4 is 17.4 Å². The van der Waals surface area contributed by atoms with E-state index in [1.165, 1.54) is 0 Å². The highest BCUT2D eigenvalue weighted by Gasteiger charge is 2.10. The number of hydrogen-bond acceptors (Lipinski definition) is 2. The molecule has 0 radical (unpaired) electrons. The lowest BCUT2D eigenvalue weighted by atomic mass is 10.1. The standard InChI is InChI=1S/C13H19NOS/c1-5-14(6-2)13(16)15-12-10(3)8-7-9-11(12)4/h7-9H,5-6H2,1-4H3. The zero-order valence-corrected chi connectivity index (χ0v) is 11.2. The van der Waals surface area contributed by atoms with E-state index in [4.69, 9.17) is 17.0 Å². The molecule has 3 heteroatoms. The number of thiocarbonyl (C=S) groups is 1. The van der Waals surface area contributed by atoms with Crippen molar-refractivity contribution in [2.24, 2.45) is 0 Å². The van der Waals surface area contributed by atoms with Gasteiger partial charge in [0.05, 0.1) is 0 Å². The molecule has 88 valence electrons. The average Bonchev–Trinajstić information content (AvgIpc) is 2.25. The topological polar surface area (TPSA) is 12.5 Å². The maximum Gasteiger partial charge on any atom is 0.264 e. The Kier molecular flexibility index (Phi) is 4.74. The van der Waals surface area contributed by atoms with Gasteiger partial charge in [-0.2, -0.15) is 0 Å². The van der Waals surface area contributed by atoms with Crippen LogP contribution < -0.4 is 4.74 Å². The SMILES string of the molecule is CCN(CC)C(=S)Oc1c(C)cccc1C. The first-order valence-corrected chi connectivity index (χ1v) is 6.03. The van der Waals surface area contributed by atoms with Crippen molar-refractivity contribution in [2.45, 2.75) is 27.7 Å². The minimum absolute atomic E-state index is 0.558. The minimum Gasteiger partial charge on any atom is -0.431 e. The van der Waals surface area contributed by atoms with Gasteiger partial charge in [0, 0.05) is 13.1 Å². The van der Waals surface area contributed by atoms with E-state index in [1.807, 2.05) is 36.9 Å². The van der Waals surface area contributed by atoms with Crippen molar-refractivity contribution in [1.29, 1.82) is 0 Å². The molecule has 0 saturated carbocycles. The van der Waals surface area contributed by atoms with Crippen molar-refractivity contribution < 1.29 is 4.74 Å². The van der Waals surface area contributed by atoms with Gasteiger partial charge in [0.15, 0.2) is 0 Å². The van der Waals surface area contributed by atoms with Crippen LogP contribution >= 0.6 is 12.2 Å². The maximum absolute atomic E-state index is 5.78. The third kappa shape index (κ3) is 2.95. The van der Waals surface area contributed by atoms with E-state index in [0.29, 0.717) is 5.17 Å². The lowest BCUT2D eigenvalue weighted by Gasteiger charge is -2.22. The van der Waals surface area contributed by atoms with Gasteiger partial charge < -0.3 is 9.64 Å². The fourth-order valence-corrected chi connectivity index (χ4v) is 1.94. The van der Waals surface area contributed by atoms with Crippen LogP contribution in [0.15, 0.2) is 18.2 Å². The molecule has 1 aromatic carbocycles. The summed E-state index contributed by atoms with van der Waals surface area (Å²) in [5.74, 6) is 0.888. The molecule has 2 nitrogen and oxygen atoms in total. The summed E-state index contributed by atoms with van der Waals surface area (Å²) in [6.45, 7) is 9.97. The molecule has 0 aliphatic heterocycles. The molecule has 16 heavy (non-hydrogen) atoms. The van der Waals surface area contributed by atoms with Gasteiger partial charge in [0.1, 0.15) is 5.75 Å². The van der Waals surface area contributed by atoms with Crippen LogP contribution in [0.4, 0.5) is 0 Å². The van der Waals surface area contributed by atoms with Gasteiger partial charge in [-0.25, -0.2) is 0 Å². The molecule has 0 aliphatic carbocycles. The van der Waals surface area contributed by atoms with Crippen LogP contribution in [0.2, 0.25) is 0 Å². The third-order valence-corrected chi connectivity index (χ3v) is 2.96. The zero-order chi connectivity index (χ0) is 12.1. The summed E-state index contributed by atoms with van der Waals surface area (Å²) in [5, 5.41) is 0.558. The van der Waals surface area contributed by atoms with Crippen molar-refractivity contribution in [3.05, 3.63) is 29.3 Å². The maximum atomic E-state index is 5.78. The normalized spacial score (nSPS) is 10.0. The largest absolute Gasteiger partial charge is 0.431 e. The number of ether oxygens (including phenoxy) is 1. The highest BCUT2D eigenvalue weighted by atomic mass is 32.1. The Labute approximate surface area is 103 Å². The number of benzene rings is 1. The summed E-state index contributed by atoms with van der Waals surface area (Å²) < 4.78 is 5.78. The smallest absolute Gasteiger partial charge is 0.264 e. The van der Waals surface area contributed by atoms with Crippen molar-refractivity contribution in [1.82, 2.24) is 4.90 Å². The lowest BCUT2D eigenvalue weighted by Crippen LogP contribution is -2.33.